The second kappa shape index (κ2) is 7.59. The van der Waals surface area contributed by atoms with Crippen LogP contribution < -0.4 is 0 Å². The van der Waals surface area contributed by atoms with Crippen molar-refractivity contribution in [2.75, 3.05) is 26.7 Å². The zero-order valence-electron chi connectivity index (χ0n) is 14.3. The van der Waals surface area contributed by atoms with E-state index >= 15 is 0 Å². The van der Waals surface area contributed by atoms with Gasteiger partial charge in [0.2, 0.25) is 0 Å². The van der Waals surface area contributed by atoms with Crippen LogP contribution in [0.3, 0.4) is 0 Å². The highest BCUT2D eigenvalue weighted by molar-refractivity contribution is 5.99. The van der Waals surface area contributed by atoms with Gasteiger partial charge in [0, 0.05) is 23.5 Å². The summed E-state index contributed by atoms with van der Waals surface area (Å²) in [6, 6.07) is 1.96. The minimum atomic E-state index is -0.135. The maximum Gasteiger partial charge on any atom is 0.308 e. The molecule has 2 heterocycles. The minimum Gasteiger partial charge on any atom is -0.469 e. The quantitative estimate of drug-likeness (QED) is 0.459. The summed E-state index contributed by atoms with van der Waals surface area (Å²) in [6.45, 7) is 10.4. The van der Waals surface area contributed by atoms with Gasteiger partial charge in [-0.25, -0.2) is 0 Å². The van der Waals surface area contributed by atoms with E-state index < -0.39 is 0 Å². The van der Waals surface area contributed by atoms with Gasteiger partial charge in [-0.3, -0.25) is 14.5 Å². The average Bonchev–Trinajstić information content (AvgIpc) is 2.83. The van der Waals surface area contributed by atoms with E-state index in [1.54, 1.807) is 0 Å². The fourth-order valence-electron chi connectivity index (χ4n) is 3.28. The number of allylic oxidation sites excluding steroid dienone is 1. The van der Waals surface area contributed by atoms with E-state index in [2.05, 4.69) is 16.0 Å². The van der Waals surface area contributed by atoms with Crippen LogP contribution in [0.15, 0.2) is 18.7 Å². The van der Waals surface area contributed by atoms with Crippen LogP contribution in [-0.4, -0.2) is 48.0 Å². The number of carbonyl (C=O) groups is 2. The van der Waals surface area contributed by atoms with Crippen LogP contribution in [0.1, 0.15) is 34.6 Å². The molecule has 23 heavy (non-hydrogen) atoms. The van der Waals surface area contributed by atoms with Crippen molar-refractivity contribution in [1.29, 1.82) is 0 Å². The molecule has 0 unspecified atom stereocenters. The average molecular weight is 318 g/mol. The Kier molecular flexibility index (Phi) is 5.77. The van der Waals surface area contributed by atoms with Gasteiger partial charge in [0.15, 0.2) is 5.78 Å². The molecule has 1 aliphatic heterocycles. The molecular formula is C18H26N2O3. The number of rotatable bonds is 6. The topological polar surface area (TPSA) is 51.5 Å². The smallest absolute Gasteiger partial charge is 0.308 e. The number of Topliss-reactive ketones (excluding diaryl/α,β-unsaturated/α-hetero) is 1. The van der Waals surface area contributed by atoms with Crippen molar-refractivity contribution in [3.63, 3.8) is 0 Å². The summed E-state index contributed by atoms with van der Waals surface area (Å²) in [6.07, 6.45) is 3.36. The first-order chi connectivity index (χ1) is 11.0. The number of ether oxygens (including phenoxy) is 1. The van der Waals surface area contributed by atoms with Gasteiger partial charge in [-0.05, 0) is 45.8 Å². The van der Waals surface area contributed by atoms with Crippen molar-refractivity contribution >= 4 is 11.8 Å². The Labute approximate surface area is 137 Å². The zero-order valence-corrected chi connectivity index (χ0v) is 14.3. The summed E-state index contributed by atoms with van der Waals surface area (Å²) in [4.78, 5) is 26.3. The molecule has 0 aliphatic carbocycles. The van der Waals surface area contributed by atoms with Crippen LogP contribution in [0, 0.1) is 19.8 Å². The van der Waals surface area contributed by atoms with E-state index in [1.165, 1.54) is 7.11 Å². The highest BCUT2D eigenvalue weighted by Crippen LogP contribution is 2.20. The number of likely N-dealkylation sites (tertiary alicyclic amines) is 1. The van der Waals surface area contributed by atoms with Crippen molar-refractivity contribution in [2.45, 2.75) is 33.2 Å². The zero-order chi connectivity index (χ0) is 17.0. The summed E-state index contributed by atoms with van der Waals surface area (Å²) in [5.74, 6) is -0.0158. The van der Waals surface area contributed by atoms with Crippen molar-refractivity contribution < 1.29 is 14.3 Å². The van der Waals surface area contributed by atoms with Gasteiger partial charge >= 0.3 is 5.97 Å². The Morgan fingerprint density at radius 2 is 2.00 bits per heavy atom. The third kappa shape index (κ3) is 3.91. The number of esters is 1. The van der Waals surface area contributed by atoms with Crippen molar-refractivity contribution in [2.24, 2.45) is 5.92 Å². The normalized spacial score (nSPS) is 16.3. The predicted molar refractivity (Wildman–Crippen MR) is 89.6 cm³/mol. The Bertz CT molecular complexity index is 596. The van der Waals surface area contributed by atoms with E-state index in [1.807, 2.05) is 26.0 Å². The summed E-state index contributed by atoms with van der Waals surface area (Å²) < 4.78 is 6.90. The molecule has 2 rings (SSSR count). The van der Waals surface area contributed by atoms with E-state index in [0.29, 0.717) is 6.54 Å². The molecule has 1 aromatic heterocycles. The molecule has 0 N–H and O–H groups in total. The summed E-state index contributed by atoms with van der Waals surface area (Å²) in [5.41, 5.74) is 2.87. The molecule has 1 fully saturated rings. The maximum absolute atomic E-state index is 12.6. The molecule has 0 aromatic carbocycles. The van der Waals surface area contributed by atoms with Crippen LogP contribution in [0.4, 0.5) is 0 Å². The molecule has 0 atom stereocenters. The molecule has 1 aliphatic rings. The van der Waals surface area contributed by atoms with Gasteiger partial charge in [-0.15, -0.1) is 6.58 Å². The molecular weight excluding hydrogens is 292 g/mol. The fourth-order valence-corrected chi connectivity index (χ4v) is 3.28. The standard InChI is InChI=1S/C18H26N2O3/c1-5-8-20-13(2)11-16(14(20)3)17(21)12-19-9-6-15(7-10-19)18(22)23-4/h5,11,15H,1,6-10,12H2,2-4H3. The Balaban J connectivity index is 1.97. The number of hydrogen-bond acceptors (Lipinski definition) is 4. The first kappa shape index (κ1) is 17.5. The molecule has 0 amide bonds. The van der Waals surface area contributed by atoms with Crippen LogP contribution >= 0.6 is 0 Å². The molecule has 1 saturated heterocycles. The lowest BCUT2D eigenvalue weighted by molar-refractivity contribution is -0.146. The lowest BCUT2D eigenvalue weighted by Gasteiger charge is -2.29. The van der Waals surface area contributed by atoms with Crippen molar-refractivity contribution in [1.82, 2.24) is 9.47 Å². The first-order valence-corrected chi connectivity index (χ1v) is 8.09. The molecule has 0 saturated carbocycles. The Morgan fingerprint density at radius 3 is 2.57 bits per heavy atom. The second-order valence-corrected chi connectivity index (χ2v) is 6.18. The predicted octanol–water partition coefficient (Wildman–Crippen LogP) is 2.36. The highest BCUT2D eigenvalue weighted by atomic mass is 16.5. The molecule has 1 aromatic rings. The Hall–Kier alpha value is -1.88. The van der Waals surface area contributed by atoms with Gasteiger partial charge in [0.1, 0.15) is 0 Å². The first-order valence-electron chi connectivity index (χ1n) is 8.09. The third-order valence-corrected chi connectivity index (χ3v) is 4.68. The number of carbonyl (C=O) groups excluding carboxylic acids is 2. The van der Waals surface area contributed by atoms with Crippen LogP contribution in [-0.2, 0) is 16.1 Å². The van der Waals surface area contributed by atoms with E-state index in [9.17, 15) is 9.59 Å². The number of piperidine rings is 1. The third-order valence-electron chi connectivity index (χ3n) is 4.68. The fraction of sp³-hybridized carbons (Fsp3) is 0.556. The van der Waals surface area contributed by atoms with Gasteiger partial charge in [-0.1, -0.05) is 6.08 Å². The molecule has 0 spiro atoms. The molecule has 5 nitrogen and oxygen atoms in total. The highest BCUT2D eigenvalue weighted by Gasteiger charge is 2.27. The number of aromatic nitrogens is 1. The lowest BCUT2D eigenvalue weighted by atomic mass is 9.96. The number of hydrogen-bond donors (Lipinski definition) is 0. The molecule has 126 valence electrons. The number of nitrogens with zero attached hydrogens (tertiary/aromatic N) is 2. The maximum atomic E-state index is 12.6. The molecule has 5 heteroatoms. The van der Waals surface area contributed by atoms with Crippen molar-refractivity contribution in [3.8, 4) is 0 Å². The largest absolute Gasteiger partial charge is 0.469 e. The summed E-state index contributed by atoms with van der Waals surface area (Å²) in [5, 5.41) is 0. The summed E-state index contributed by atoms with van der Waals surface area (Å²) in [7, 11) is 1.43. The van der Waals surface area contributed by atoms with Crippen LogP contribution in [0.5, 0.6) is 0 Å². The number of ketones is 1. The van der Waals surface area contributed by atoms with Crippen LogP contribution in [0.25, 0.3) is 0 Å². The van der Waals surface area contributed by atoms with Gasteiger partial charge in [0.25, 0.3) is 0 Å². The van der Waals surface area contributed by atoms with Gasteiger partial charge in [0.05, 0.1) is 19.6 Å². The summed E-state index contributed by atoms with van der Waals surface area (Å²) >= 11 is 0. The Morgan fingerprint density at radius 1 is 1.35 bits per heavy atom. The van der Waals surface area contributed by atoms with E-state index in [0.717, 1.165) is 49.4 Å². The monoisotopic (exact) mass is 318 g/mol. The van der Waals surface area contributed by atoms with Crippen LogP contribution in [0.2, 0.25) is 0 Å². The van der Waals surface area contributed by atoms with Gasteiger partial charge in [-0.2, -0.15) is 0 Å². The molecule has 0 radical (unpaired) electrons. The van der Waals surface area contributed by atoms with E-state index in [4.69, 9.17) is 4.74 Å². The second-order valence-electron chi connectivity index (χ2n) is 6.18. The van der Waals surface area contributed by atoms with Gasteiger partial charge < -0.3 is 9.30 Å². The van der Waals surface area contributed by atoms with E-state index in [-0.39, 0.29) is 17.7 Å². The molecule has 0 bridgehead atoms. The number of methoxy groups -OCH3 is 1. The SMILES string of the molecule is C=CCn1c(C)cc(C(=O)CN2CCC(C(=O)OC)CC2)c1C. The lowest BCUT2D eigenvalue weighted by Crippen LogP contribution is -2.39. The van der Waals surface area contributed by atoms with Crippen molar-refractivity contribution in [3.05, 3.63) is 35.7 Å². The minimum absolute atomic E-state index is 0.0241. The number of aryl methyl sites for hydroxylation is 1.